The number of nitrogens with zero attached hydrogens (tertiary/aromatic N) is 1. The van der Waals surface area contributed by atoms with Gasteiger partial charge in [0.05, 0.1) is 0 Å². The number of aromatic nitrogens is 1. The lowest BCUT2D eigenvalue weighted by Crippen LogP contribution is -2.09. The van der Waals surface area contributed by atoms with Gasteiger partial charge in [0, 0.05) is 21.0 Å². The second-order valence-electron chi connectivity index (χ2n) is 3.43. The van der Waals surface area contributed by atoms with Gasteiger partial charge in [-0.2, -0.15) is 0 Å². The molecular formula is C12H10IN3S. The van der Waals surface area contributed by atoms with Gasteiger partial charge < -0.3 is 11.1 Å². The van der Waals surface area contributed by atoms with E-state index in [0.29, 0.717) is 4.99 Å². The summed E-state index contributed by atoms with van der Waals surface area (Å²) in [6.07, 6.45) is 1.68. The van der Waals surface area contributed by atoms with Crippen LogP contribution in [0.5, 0.6) is 0 Å². The molecule has 0 unspecified atom stereocenters. The third-order valence-corrected chi connectivity index (χ3v) is 3.12. The number of thiocarbonyl (C=S) groups is 1. The molecule has 3 N–H and O–H groups in total. The van der Waals surface area contributed by atoms with Gasteiger partial charge in [-0.15, -0.1) is 0 Å². The number of nitrogens with one attached hydrogen (secondary N) is 1. The fraction of sp³-hybridized carbons (Fsp3) is 0. The maximum absolute atomic E-state index is 5.57. The number of benzene rings is 1. The number of hydrogen-bond acceptors (Lipinski definition) is 3. The zero-order chi connectivity index (χ0) is 12.3. The molecule has 0 radical (unpaired) electrons. The number of rotatable bonds is 3. The molecule has 0 bridgehead atoms. The molecule has 1 aromatic heterocycles. The van der Waals surface area contributed by atoms with E-state index < -0.39 is 0 Å². The van der Waals surface area contributed by atoms with Crippen LogP contribution < -0.4 is 11.1 Å². The highest BCUT2D eigenvalue weighted by molar-refractivity contribution is 14.1. The van der Waals surface area contributed by atoms with E-state index in [1.165, 1.54) is 3.57 Å². The molecule has 0 saturated carbocycles. The second-order valence-corrected chi connectivity index (χ2v) is 5.11. The van der Waals surface area contributed by atoms with Crippen molar-refractivity contribution >= 4 is 51.3 Å². The summed E-state index contributed by atoms with van der Waals surface area (Å²) >= 11 is 7.19. The van der Waals surface area contributed by atoms with Gasteiger partial charge in [0.2, 0.25) is 0 Å². The molecule has 0 amide bonds. The second kappa shape index (κ2) is 5.42. The Kier molecular flexibility index (Phi) is 3.90. The summed E-state index contributed by atoms with van der Waals surface area (Å²) in [5.41, 5.74) is 7.36. The van der Waals surface area contributed by atoms with Crippen molar-refractivity contribution in [1.82, 2.24) is 4.98 Å². The maximum Gasteiger partial charge on any atom is 0.130 e. The van der Waals surface area contributed by atoms with Gasteiger partial charge in [0.1, 0.15) is 10.8 Å². The van der Waals surface area contributed by atoms with E-state index in [4.69, 9.17) is 18.0 Å². The molecule has 3 nitrogen and oxygen atoms in total. The number of halogens is 1. The zero-order valence-electron chi connectivity index (χ0n) is 8.85. The maximum atomic E-state index is 5.57. The van der Waals surface area contributed by atoms with E-state index >= 15 is 0 Å². The van der Waals surface area contributed by atoms with Gasteiger partial charge in [0.15, 0.2) is 0 Å². The van der Waals surface area contributed by atoms with Crippen LogP contribution in [0.4, 0.5) is 11.5 Å². The van der Waals surface area contributed by atoms with Gasteiger partial charge >= 0.3 is 0 Å². The lowest BCUT2D eigenvalue weighted by molar-refractivity contribution is 1.30. The van der Waals surface area contributed by atoms with Crippen LogP contribution in [0.15, 0.2) is 42.6 Å². The van der Waals surface area contributed by atoms with E-state index in [1.807, 2.05) is 30.3 Å². The topological polar surface area (TPSA) is 50.9 Å². The van der Waals surface area contributed by atoms with E-state index in [-0.39, 0.29) is 0 Å². The lowest BCUT2D eigenvalue weighted by Gasteiger charge is -2.06. The fourth-order valence-electron chi connectivity index (χ4n) is 1.33. The quantitative estimate of drug-likeness (QED) is 0.656. The highest BCUT2D eigenvalue weighted by Crippen LogP contribution is 2.16. The Bertz CT molecular complexity index is 540. The van der Waals surface area contributed by atoms with E-state index in [9.17, 15) is 0 Å². The molecule has 2 aromatic rings. The van der Waals surface area contributed by atoms with Crippen LogP contribution in [-0.2, 0) is 0 Å². The minimum absolute atomic E-state index is 0.373. The first-order chi connectivity index (χ1) is 8.15. The monoisotopic (exact) mass is 355 g/mol. The standard InChI is InChI=1S/C12H10IN3S/c13-9-1-3-10(4-2-9)16-11-7-8(12(14)17)5-6-15-11/h1-7H,(H2,14,17)(H,15,16). The summed E-state index contributed by atoms with van der Waals surface area (Å²) in [4.78, 5) is 4.58. The normalized spacial score (nSPS) is 9.94. The van der Waals surface area contributed by atoms with Crippen molar-refractivity contribution in [2.75, 3.05) is 5.32 Å². The van der Waals surface area contributed by atoms with Crippen LogP contribution in [0.2, 0.25) is 0 Å². The Morgan fingerprint density at radius 2 is 1.94 bits per heavy atom. The number of anilines is 2. The van der Waals surface area contributed by atoms with E-state index in [0.717, 1.165) is 17.1 Å². The molecule has 1 heterocycles. The largest absolute Gasteiger partial charge is 0.389 e. The number of nitrogens with two attached hydrogens (primary N) is 1. The number of pyridine rings is 1. The van der Waals surface area contributed by atoms with Crippen molar-refractivity contribution in [2.24, 2.45) is 5.73 Å². The van der Waals surface area contributed by atoms with Crippen molar-refractivity contribution in [1.29, 1.82) is 0 Å². The average molecular weight is 355 g/mol. The average Bonchev–Trinajstić information content (AvgIpc) is 2.32. The molecule has 5 heteroatoms. The summed E-state index contributed by atoms with van der Waals surface area (Å²) in [5.74, 6) is 0.733. The number of hydrogen-bond donors (Lipinski definition) is 2. The molecule has 0 spiro atoms. The Labute approximate surface area is 119 Å². The van der Waals surface area contributed by atoms with Crippen LogP contribution in [0.1, 0.15) is 5.56 Å². The van der Waals surface area contributed by atoms with Crippen LogP contribution in [-0.4, -0.2) is 9.97 Å². The highest BCUT2D eigenvalue weighted by Gasteiger charge is 2.00. The summed E-state index contributed by atoms with van der Waals surface area (Å²) in [5, 5.41) is 3.20. The molecule has 0 atom stereocenters. The van der Waals surface area contributed by atoms with Gasteiger partial charge in [-0.1, -0.05) is 12.2 Å². The van der Waals surface area contributed by atoms with Crippen molar-refractivity contribution < 1.29 is 0 Å². The fourth-order valence-corrected chi connectivity index (χ4v) is 1.82. The van der Waals surface area contributed by atoms with Gasteiger partial charge in [0.25, 0.3) is 0 Å². The van der Waals surface area contributed by atoms with Crippen molar-refractivity contribution in [2.45, 2.75) is 0 Å². The molecule has 0 saturated heterocycles. The van der Waals surface area contributed by atoms with Crippen LogP contribution in [0.3, 0.4) is 0 Å². The van der Waals surface area contributed by atoms with Crippen LogP contribution in [0.25, 0.3) is 0 Å². The summed E-state index contributed by atoms with van der Waals surface area (Å²) in [6, 6.07) is 11.7. The third-order valence-electron chi connectivity index (χ3n) is 2.16. The Balaban J connectivity index is 2.21. The summed E-state index contributed by atoms with van der Waals surface area (Å²) in [6.45, 7) is 0. The predicted octanol–water partition coefficient (Wildman–Crippen LogP) is 3.06. The van der Waals surface area contributed by atoms with Crippen LogP contribution >= 0.6 is 34.8 Å². The molecule has 17 heavy (non-hydrogen) atoms. The van der Waals surface area contributed by atoms with E-state index in [2.05, 4.69) is 32.9 Å². The summed E-state index contributed by atoms with van der Waals surface area (Å²) in [7, 11) is 0. The molecule has 1 aromatic carbocycles. The molecule has 0 aliphatic heterocycles. The summed E-state index contributed by atoms with van der Waals surface area (Å²) < 4.78 is 1.19. The third kappa shape index (κ3) is 3.37. The van der Waals surface area contributed by atoms with Crippen molar-refractivity contribution in [3.63, 3.8) is 0 Å². The minimum Gasteiger partial charge on any atom is -0.389 e. The van der Waals surface area contributed by atoms with E-state index in [1.54, 1.807) is 12.3 Å². The predicted molar refractivity (Wildman–Crippen MR) is 82.6 cm³/mol. The molecule has 0 fully saturated rings. The highest BCUT2D eigenvalue weighted by atomic mass is 127. The minimum atomic E-state index is 0.373. The molecule has 86 valence electrons. The first-order valence-corrected chi connectivity index (χ1v) is 6.42. The Morgan fingerprint density at radius 1 is 1.24 bits per heavy atom. The molecule has 0 aliphatic rings. The lowest BCUT2D eigenvalue weighted by atomic mass is 10.2. The van der Waals surface area contributed by atoms with Crippen molar-refractivity contribution in [3.8, 4) is 0 Å². The molecule has 2 rings (SSSR count). The zero-order valence-corrected chi connectivity index (χ0v) is 11.8. The Morgan fingerprint density at radius 3 is 2.59 bits per heavy atom. The molecule has 0 aliphatic carbocycles. The SMILES string of the molecule is NC(=S)c1ccnc(Nc2ccc(I)cc2)c1. The first kappa shape index (κ1) is 12.3. The molecular weight excluding hydrogens is 345 g/mol. The van der Waals surface area contributed by atoms with Gasteiger partial charge in [-0.05, 0) is 59.0 Å². The first-order valence-electron chi connectivity index (χ1n) is 4.93. The Hall–Kier alpha value is -1.21. The van der Waals surface area contributed by atoms with Crippen LogP contribution in [0, 0.1) is 3.57 Å². The van der Waals surface area contributed by atoms with Crippen molar-refractivity contribution in [3.05, 3.63) is 51.7 Å². The smallest absolute Gasteiger partial charge is 0.130 e. The van der Waals surface area contributed by atoms with Gasteiger partial charge in [-0.3, -0.25) is 0 Å². The van der Waals surface area contributed by atoms with Gasteiger partial charge in [-0.25, -0.2) is 4.98 Å².